The zero-order valence-corrected chi connectivity index (χ0v) is 19.1. The zero-order chi connectivity index (χ0) is 18.9. The van der Waals surface area contributed by atoms with Crippen molar-refractivity contribution < 1.29 is 9.53 Å². The fourth-order valence-electron chi connectivity index (χ4n) is 2.98. The molecule has 1 aromatic rings. The van der Waals surface area contributed by atoms with Gasteiger partial charge in [-0.3, -0.25) is 0 Å². The van der Waals surface area contributed by atoms with Crippen LogP contribution in [0, 0.1) is 11.3 Å². The summed E-state index contributed by atoms with van der Waals surface area (Å²) in [4.78, 5) is 25.6. The molecule has 1 saturated heterocycles. The Hall–Kier alpha value is -1.29. The molecule has 0 atom stereocenters. The number of hydrogen-bond donors (Lipinski definition) is 0. The van der Waals surface area contributed by atoms with Gasteiger partial charge in [0.05, 0.1) is 0 Å². The second-order valence-electron chi connectivity index (χ2n) is 8.84. The number of piperidine rings is 1. The molecule has 0 bridgehead atoms. The minimum atomic E-state index is -2.22. The van der Waals surface area contributed by atoms with E-state index in [9.17, 15) is 10.1 Å². The molecule has 0 radical (unpaired) electrons. The summed E-state index contributed by atoms with van der Waals surface area (Å²) >= 11 is -2.22. The molecule has 1 amide bonds. The van der Waals surface area contributed by atoms with E-state index >= 15 is 0 Å². The van der Waals surface area contributed by atoms with Gasteiger partial charge < -0.3 is 0 Å². The van der Waals surface area contributed by atoms with Crippen molar-refractivity contribution in [3.05, 3.63) is 24.0 Å². The summed E-state index contributed by atoms with van der Waals surface area (Å²) in [6, 6.07) is 6.74. The van der Waals surface area contributed by atoms with E-state index in [1.807, 2.05) is 27.0 Å². The number of ether oxygens (including phenoxy) is 1. The number of hydrogen-bond acceptors (Lipinski definition) is 4. The summed E-state index contributed by atoms with van der Waals surface area (Å²) in [6.07, 6.45) is 2.73. The molecule has 1 aromatic heterocycles. The van der Waals surface area contributed by atoms with Gasteiger partial charge in [-0.1, -0.05) is 0 Å². The van der Waals surface area contributed by atoms with Crippen LogP contribution in [0.2, 0.25) is 14.8 Å². The Labute approximate surface area is 155 Å². The van der Waals surface area contributed by atoms with Gasteiger partial charge in [0.1, 0.15) is 0 Å². The fraction of sp³-hybridized carbons (Fsp3) is 0.632. The molecule has 0 unspecified atom stereocenters. The van der Waals surface area contributed by atoms with E-state index in [0.29, 0.717) is 25.9 Å². The van der Waals surface area contributed by atoms with Crippen LogP contribution >= 0.6 is 0 Å². The van der Waals surface area contributed by atoms with Crippen molar-refractivity contribution in [1.82, 2.24) is 9.88 Å². The summed E-state index contributed by atoms with van der Waals surface area (Å²) in [5, 5.41) is 9.89. The molecule has 0 aliphatic carbocycles. The first kappa shape index (κ1) is 20.0. The molecule has 5 nitrogen and oxygen atoms in total. The third kappa shape index (κ3) is 4.87. The summed E-state index contributed by atoms with van der Waals surface area (Å²) < 4.78 is 6.82. The first-order valence-electron chi connectivity index (χ1n) is 8.83. The van der Waals surface area contributed by atoms with Gasteiger partial charge in [0, 0.05) is 0 Å². The van der Waals surface area contributed by atoms with Gasteiger partial charge in [0.2, 0.25) is 0 Å². The average Bonchev–Trinajstić information content (AvgIpc) is 2.52. The summed E-state index contributed by atoms with van der Waals surface area (Å²) in [6.45, 7) is 6.63. The number of pyridine rings is 1. The molecule has 6 heteroatoms. The second-order valence-corrected chi connectivity index (χ2v) is 23.3. The number of rotatable bonds is 2. The third-order valence-corrected chi connectivity index (χ3v) is 10.4. The van der Waals surface area contributed by atoms with Crippen LogP contribution in [-0.2, 0) is 10.2 Å². The van der Waals surface area contributed by atoms with Crippen LogP contribution in [0.5, 0.6) is 0 Å². The van der Waals surface area contributed by atoms with E-state index in [2.05, 4.69) is 38.0 Å². The average molecular weight is 450 g/mol. The SMILES string of the molecule is CC(C)(C)OC(=O)N1CCC(C#N)(c2c[c]([Sn]([CH3])([CH3])[CH3])ccn2)CC1. The van der Waals surface area contributed by atoms with Crippen molar-refractivity contribution >= 4 is 28.0 Å². The Morgan fingerprint density at radius 1 is 1.32 bits per heavy atom. The first-order valence-corrected chi connectivity index (χ1v) is 18.8. The standard InChI is InChI=1S/C16H20N3O2.3CH3.Sn/c1-15(2,3)21-14(20)19-10-7-16(12-17,8-11-19)13-6-4-5-9-18-13;;;;/h5-6,9H,7-8,10-11H2,1-3H3;3*1H3;. The van der Waals surface area contributed by atoms with Gasteiger partial charge >= 0.3 is 155 Å². The maximum atomic E-state index is 12.2. The molecule has 25 heavy (non-hydrogen) atoms. The van der Waals surface area contributed by atoms with Crippen molar-refractivity contribution in [1.29, 1.82) is 5.26 Å². The number of carbonyl (C=O) groups is 1. The van der Waals surface area contributed by atoms with Gasteiger partial charge in [0.15, 0.2) is 0 Å². The van der Waals surface area contributed by atoms with Crippen LogP contribution in [0.3, 0.4) is 0 Å². The van der Waals surface area contributed by atoms with E-state index in [4.69, 9.17) is 4.74 Å². The van der Waals surface area contributed by atoms with Gasteiger partial charge in [-0.25, -0.2) is 0 Å². The molecule has 0 aromatic carbocycles. The Morgan fingerprint density at radius 2 is 1.92 bits per heavy atom. The van der Waals surface area contributed by atoms with Crippen molar-refractivity contribution in [3.63, 3.8) is 0 Å². The van der Waals surface area contributed by atoms with Crippen LogP contribution in [0.1, 0.15) is 39.3 Å². The van der Waals surface area contributed by atoms with Crippen molar-refractivity contribution in [2.24, 2.45) is 0 Å². The van der Waals surface area contributed by atoms with Crippen molar-refractivity contribution in [2.45, 2.75) is 59.4 Å². The number of aromatic nitrogens is 1. The van der Waals surface area contributed by atoms with Crippen molar-refractivity contribution in [2.75, 3.05) is 13.1 Å². The summed E-state index contributed by atoms with van der Waals surface area (Å²) in [5.74, 6) is 0. The van der Waals surface area contributed by atoms with Crippen molar-refractivity contribution in [3.8, 4) is 6.07 Å². The van der Waals surface area contributed by atoms with E-state index in [1.165, 1.54) is 3.58 Å². The summed E-state index contributed by atoms with van der Waals surface area (Å²) in [5.41, 5.74) is -0.245. The molecule has 136 valence electrons. The Bertz CT molecular complexity index is 675. The topological polar surface area (TPSA) is 66.2 Å². The van der Waals surface area contributed by atoms with Crippen LogP contribution < -0.4 is 3.58 Å². The molecule has 1 aliphatic rings. The number of nitrogens with zero attached hydrogens (tertiary/aromatic N) is 3. The molecule has 0 N–H and O–H groups in total. The van der Waals surface area contributed by atoms with Crippen LogP contribution in [0.25, 0.3) is 0 Å². The Kier molecular flexibility index (Phi) is 5.72. The number of likely N-dealkylation sites (tertiary alicyclic amines) is 1. The third-order valence-electron chi connectivity index (χ3n) is 4.60. The van der Waals surface area contributed by atoms with E-state index in [0.717, 1.165) is 5.69 Å². The molecular formula is C19H29N3O2Sn. The molecule has 0 spiro atoms. The van der Waals surface area contributed by atoms with Gasteiger partial charge in [0.25, 0.3) is 0 Å². The Balaban J connectivity index is 2.17. The van der Waals surface area contributed by atoms with E-state index < -0.39 is 29.4 Å². The van der Waals surface area contributed by atoms with Gasteiger partial charge in [-0.15, -0.1) is 0 Å². The van der Waals surface area contributed by atoms with Gasteiger partial charge in [-0.05, 0) is 0 Å². The molecular weight excluding hydrogens is 421 g/mol. The second kappa shape index (κ2) is 7.14. The van der Waals surface area contributed by atoms with E-state index in [-0.39, 0.29) is 6.09 Å². The molecule has 2 heterocycles. The molecule has 0 saturated carbocycles. The normalized spacial score (nSPS) is 17.7. The predicted octanol–water partition coefficient (Wildman–Crippen LogP) is 3.42. The van der Waals surface area contributed by atoms with Gasteiger partial charge in [-0.2, -0.15) is 0 Å². The first-order chi connectivity index (χ1) is 11.5. The quantitative estimate of drug-likeness (QED) is 0.648. The predicted molar refractivity (Wildman–Crippen MR) is 102 cm³/mol. The maximum absolute atomic E-state index is 12.2. The zero-order valence-electron chi connectivity index (χ0n) is 16.2. The number of amides is 1. The summed E-state index contributed by atoms with van der Waals surface area (Å²) in [7, 11) is 0. The monoisotopic (exact) mass is 451 g/mol. The number of nitriles is 1. The van der Waals surface area contributed by atoms with Crippen LogP contribution in [0.15, 0.2) is 18.3 Å². The molecule has 1 aliphatic heterocycles. The fourth-order valence-corrected chi connectivity index (χ4v) is 6.25. The van der Waals surface area contributed by atoms with Crippen LogP contribution in [-0.4, -0.2) is 53.0 Å². The number of carbonyl (C=O) groups excluding carboxylic acids is 1. The van der Waals surface area contributed by atoms with E-state index in [1.54, 1.807) is 4.90 Å². The molecule has 1 fully saturated rings. The molecule has 2 rings (SSSR count). The Morgan fingerprint density at radius 3 is 2.40 bits per heavy atom. The minimum absolute atomic E-state index is 0.299. The van der Waals surface area contributed by atoms with Crippen LogP contribution in [0.4, 0.5) is 4.79 Å².